The molecule has 0 amide bonds. The van der Waals surface area contributed by atoms with Crippen molar-refractivity contribution in [3.63, 3.8) is 0 Å². The lowest BCUT2D eigenvalue weighted by atomic mass is 9.72. The Balaban J connectivity index is 1.48. The van der Waals surface area contributed by atoms with Crippen molar-refractivity contribution in [3.8, 4) is 0 Å². The molecule has 13 heteroatoms. The number of carbonyl (C=O) groups is 1. The highest BCUT2D eigenvalue weighted by Gasteiger charge is 2.91. The van der Waals surface area contributed by atoms with Crippen molar-refractivity contribution in [1.29, 1.82) is 0 Å². The minimum atomic E-state index is -1.70. The molecule has 34 heavy (non-hydrogen) atoms. The molecule has 5 nitrogen and oxygen atoms in total. The van der Waals surface area contributed by atoms with Crippen LogP contribution < -0.4 is 0 Å². The van der Waals surface area contributed by atoms with E-state index in [1.165, 1.54) is 0 Å². The highest BCUT2D eigenvalue weighted by atomic mass is 35.5. The second kappa shape index (κ2) is 6.78. The predicted molar refractivity (Wildman–Crippen MR) is 129 cm³/mol. The first kappa shape index (κ1) is 24.1. The lowest BCUT2D eigenvalue weighted by molar-refractivity contribution is -0.176. The maximum Gasteiger partial charge on any atom is 0.219 e. The van der Waals surface area contributed by atoms with Crippen LogP contribution in [0.3, 0.4) is 0 Å². The number of fused-ring (bicyclic) bond motifs is 6. The first-order valence-corrected chi connectivity index (χ1v) is 13.6. The van der Waals surface area contributed by atoms with E-state index in [1.807, 2.05) is 0 Å². The van der Waals surface area contributed by atoms with Crippen molar-refractivity contribution >= 4 is 98.6 Å². The summed E-state index contributed by atoms with van der Waals surface area (Å²) < 4.78 is 24.1. The summed E-state index contributed by atoms with van der Waals surface area (Å²) in [7, 11) is 0. The number of rotatable bonds is 0. The lowest BCUT2D eigenvalue weighted by Crippen LogP contribution is -2.58. The first-order chi connectivity index (χ1) is 15.9. The standard InChI is InChI=1S/C21H14Cl8O5/c22-12-14(24)18(28)9-7(16(12,26)20(18)31-3-4-32-20)1-2-8-10(11(9)30)19(29)15(25)13(23)17(8,27)21(19)33-5-6-34-21/h1-2,7-10H,3-6H2. The number of ether oxygens (including phenoxy) is 4. The van der Waals surface area contributed by atoms with Crippen molar-refractivity contribution in [2.24, 2.45) is 23.7 Å². The van der Waals surface area contributed by atoms with Crippen LogP contribution in [0.25, 0.3) is 0 Å². The summed E-state index contributed by atoms with van der Waals surface area (Å²) in [4.78, 5) is 8.07. The smallest absolute Gasteiger partial charge is 0.219 e. The van der Waals surface area contributed by atoms with E-state index in [4.69, 9.17) is 112 Å². The van der Waals surface area contributed by atoms with Gasteiger partial charge in [0.2, 0.25) is 11.6 Å². The summed E-state index contributed by atoms with van der Waals surface area (Å²) in [6.45, 7) is 0.833. The molecule has 4 fully saturated rings. The Hall–Kier alpha value is 1.05. The molecule has 0 radical (unpaired) electrons. The van der Waals surface area contributed by atoms with E-state index in [1.54, 1.807) is 12.2 Å². The van der Waals surface area contributed by atoms with Crippen LogP contribution in [0.4, 0.5) is 0 Å². The molecule has 8 atom stereocenters. The van der Waals surface area contributed by atoms with Gasteiger partial charge in [-0.05, 0) is 0 Å². The first-order valence-electron chi connectivity index (χ1n) is 10.6. The summed E-state index contributed by atoms with van der Waals surface area (Å²) in [5.74, 6) is -7.20. The van der Waals surface area contributed by atoms with Gasteiger partial charge in [-0.1, -0.05) is 58.6 Å². The Morgan fingerprint density at radius 3 is 1.21 bits per heavy atom. The van der Waals surface area contributed by atoms with Gasteiger partial charge in [0.25, 0.3) is 0 Å². The molecule has 2 aliphatic heterocycles. The van der Waals surface area contributed by atoms with Crippen LogP contribution >= 0.6 is 92.8 Å². The highest BCUT2D eigenvalue weighted by Crippen LogP contribution is 2.80. The van der Waals surface area contributed by atoms with Gasteiger partial charge in [0.05, 0.1) is 58.4 Å². The van der Waals surface area contributed by atoms with Gasteiger partial charge in [-0.25, -0.2) is 0 Å². The summed E-state index contributed by atoms with van der Waals surface area (Å²) in [6, 6.07) is 0. The number of carbonyl (C=O) groups excluding carboxylic acids is 1. The Morgan fingerprint density at radius 1 is 0.588 bits per heavy atom. The van der Waals surface area contributed by atoms with Gasteiger partial charge in [0.1, 0.15) is 25.3 Å². The normalized spacial score (nSPS) is 53.6. The van der Waals surface area contributed by atoms with E-state index in [0.29, 0.717) is 0 Å². The fourth-order valence-electron chi connectivity index (χ4n) is 7.45. The van der Waals surface area contributed by atoms with Crippen LogP contribution in [0.1, 0.15) is 0 Å². The second-order valence-corrected chi connectivity index (χ2v) is 13.4. The van der Waals surface area contributed by atoms with Gasteiger partial charge < -0.3 is 18.9 Å². The van der Waals surface area contributed by atoms with Gasteiger partial charge in [-0.3, -0.25) is 4.79 Å². The van der Waals surface area contributed by atoms with Crippen LogP contribution in [-0.2, 0) is 23.7 Å². The van der Waals surface area contributed by atoms with Crippen molar-refractivity contribution < 1.29 is 23.7 Å². The molecule has 7 aliphatic rings. The van der Waals surface area contributed by atoms with E-state index in [0.717, 1.165) is 0 Å². The summed E-state index contributed by atoms with van der Waals surface area (Å²) in [5, 5.41) is 0.167. The number of halogens is 8. The largest absolute Gasteiger partial charge is 0.344 e. The maximum atomic E-state index is 14.6. The fourth-order valence-corrected chi connectivity index (χ4v) is 11.6. The number of Topliss-reactive ketones (excluding diaryl/α,β-unsaturated/α-hetero) is 1. The molecule has 2 saturated heterocycles. The number of ketones is 1. The quantitative estimate of drug-likeness (QED) is 0.265. The highest BCUT2D eigenvalue weighted by molar-refractivity contribution is 6.54. The molecule has 2 heterocycles. The van der Waals surface area contributed by atoms with Gasteiger partial charge in [-0.15, -0.1) is 46.4 Å². The maximum absolute atomic E-state index is 14.6. The molecule has 0 aromatic heterocycles. The minimum Gasteiger partial charge on any atom is -0.344 e. The predicted octanol–water partition coefficient (Wildman–Crippen LogP) is 5.42. The van der Waals surface area contributed by atoms with Crippen molar-refractivity contribution in [1.82, 2.24) is 0 Å². The summed E-state index contributed by atoms with van der Waals surface area (Å²) in [6.07, 6.45) is 3.52. The monoisotopic (exact) mass is 626 g/mol. The van der Waals surface area contributed by atoms with Gasteiger partial charge >= 0.3 is 0 Å². The number of hydrogen-bond acceptors (Lipinski definition) is 5. The van der Waals surface area contributed by atoms with E-state index < -0.39 is 54.7 Å². The molecule has 5 aliphatic carbocycles. The number of hydrogen-bond donors (Lipinski definition) is 0. The molecule has 2 spiro atoms. The average Bonchev–Trinajstić information content (AvgIpc) is 3.58. The third-order valence-electron chi connectivity index (χ3n) is 8.60. The fraction of sp³-hybridized carbons (Fsp3) is 0.667. The molecule has 0 aromatic rings. The van der Waals surface area contributed by atoms with Crippen LogP contribution in [0.15, 0.2) is 32.3 Å². The number of alkyl halides is 4. The average molecular weight is 630 g/mol. The molecular weight excluding hydrogens is 616 g/mol. The second-order valence-electron chi connectivity index (χ2n) is 9.52. The van der Waals surface area contributed by atoms with Gasteiger partial charge in [-0.2, -0.15) is 0 Å². The Kier molecular flexibility index (Phi) is 4.81. The molecule has 0 N–H and O–H groups in total. The molecule has 2 saturated carbocycles. The van der Waals surface area contributed by atoms with E-state index in [-0.39, 0.29) is 52.3 Å². The molecule has 184 valence electrons. The van der Waals surface area contributed by atoms with Gasteiger partial charge in [0, 0.05) is 11.8 Å². The molecule has 7 rings (SSSR count). The van der Waals surface area contributed by atoms with Crippen LogP contribution in [-0.4, -0.2) is 63.3 Å². The van der Waals surface area contributed by atoms with Crippen LogP contribution in [0.2, 0.25) is 0 Å². The van der Waals surface area contributed by atoms with E-state index in [9.17, 15) is 4.79 Å². The molecule has 0 aromatic carbocycles. The number of allylic oxidation sites excluding steroid dienone is 2. The third kappa shape index (κ3) is 1.95. The van der Waals surface area contributed by atoms with Crippen molar-refractivity contribution in [2.45, 2.75) is 31.1 Å². The molecule has 4 bridgehead atoms. The Morgan fingerprint density at radius 2 is 0.882 bits per heavy atom. The zero-order valence-electron chi connectivity index (χ0n) is 16.9. The summed E-state index contributed by atoms with van der Waals surface area (Å²) in [5.41, 5.74) is 0. The third-order valence-corrected chi connectivity index (χ3v) is 13.9. The SMILES string of the molecule is O=C1C2C(C=CC3C1C1(Cl)C(Cl)=C(Cl)C3(Cl)C13OCCO3)C1(Cl)C(Cl)=C(Cl)C2(Cl)C12OCCO2. The van der Waals surface area contributed by atoms with Crippen molar-refractivity contribution in [2.75, 3.05) is 26.4 Å². The van der Waals surface area contributed by atoms with E-state index >= 15 is 0 Å². The Labute approximate surface area is 234 Å². The topological polar surface area (TPSA) is 54.0 Å². The molecular formula is C21H14Cl8O5. The Bertz CT molecular complexity index is 1070. The van der Waals surface area contributed by atoms with Crippen molar-refractivity contribution in [3.05, 3.63) is 32.3 Å². The van der Waals surface area contributed by atoms with Crippen LogP contribution in [0.5, 0.6) is 0 Å². The van der Waals surface area contributed by atoms with E-state index in [2.05, 4.69) is 0 Å². The zero-order chi connectivity index (χ0) is 24.3. The van der Waals surface area contributed by atoms with Gasteiger partial charge in [0.15, 0.2) is 0 Å². The summed E-state index contributed by atoms with van der Waals surface area (Å²) >= 11 is 55.6. The minimum absolute atomic E-state index is 0.00398. The molecule has 8 unspecified atom stereocenters. The lowest BCUT2D eigenvalue weighted by Gasteiger charge is -2.41. The van der Waals surface area contributed by atoms with Crippen LogP contribution in [0, 0.1) is 23.7 Å². The zero-order valence-corrected chi connectivity index (χ0v) is 22.9.